The van der Waals surface area contributed by atoms with Crippen molar-refractivity contribution < 1.29 is 19.2 Å². The van der Waals surface area contributed by atoms with Crippen LogP contribution in [-0.4, -0.2) is 28.0 Å². The van der Waals surface area contributed by atoms with E-state index in [4.69, 9.17) is 4.74 Å². The summed E-state index contributed by atoms with van der Waals surface area (Å²) in [6.07, 6.45) is 0. The van der Waals surface area contributed by atoms with Gasteiger partial charge in [0.25, 0.3) is 11.6 Å². The lowest BCUT2D eigenvalue weighted by atomic mass is 10.0. The quantitative estimate of drug-likeness (QED) is 0.348. The molecular formula is C19H17N3O6S2. The van der Waals surface area contributed by atoms with Crippen LogP contribution >= 0.6 is 22.7 Å². The number of anilines is 1. The number of aromatic nitrogens is 1. The maximum Gasteiger partial charge on any atom is 0.341 e. The first kappa shape index (κ1) is 21.4. The van der Waals surface area contributed by atoms with Crippen molar-refractivity contribution in [2.75, 3.05) is 11.9 Å². The van der Waals surface area contributed by atoms with Gasteiger partial charge in [0.1, 0.15) is 15.4 Å². The summed E-state index contributed by atoms with van der Waals surface area (Å²) < 4.78 is 6.50. The Bertz CT molecular complexity index is 1210. The van der Waals surface area contributed by atoms with Crippen molar-refractivity contribution in [1.82, 2.24) is 4.57 Å². The van der Waals surface area contributed by atoms with Gasteiger partial charge >= 0.3 is 10.8 Å². The van der Waals surface area contributed by atoms with Gasteiger partial charge in [0.2, 0.25) is 0 Å². The third-order valence-electron chi connectivity index (χ3n) is 4.37. The summed E-state index contributed by atoms with van der Waals surface area (Å²) >= 11 is 1.91. The molecule has 0 radical (unpaired) electrons. The number of hydrogen-bond donors (Lipinski definition) is 1. The van der Waals surface area contributed by atoms with Gasteiger partial charge < -0.3 is 14.6 Å². The van der Waals surface area contributed by atoms with Crippen LogP contribution in [0.5, 0.6) is 0 Å². The molecule has 30 heavy (non-hydrogen) atoms. The molecule has 11 heteroatoms. The number of amides is 1. The summed E-state index contributed by atoms with van der Waals surface area (Å²) in [5.74, 6) is -1.18. The second-order valence-corrected chi connectivity index (χ2v) is 8.02. The van der Waals surface area contributed by atoms with Gasteiger partial charge in [0.15, 0.2) is 0 Å². The first-order chi connectivity index (χ1) is 14.2. The Labute approximate surface area is 178 Å². The molecule has 9 nitrogen and oxygen atoms in total. The molecule has 2 aromatic heterocycles. The number of nitrogens with one attached hydrogen (secondary N) is 1. The summed E-state index contributed by atoms with van der Waals surface area (Å²) in [6, 6.07) is 5.85. The van der Waals surface area contributed by atoms with Gasteiger partial charge in [-0.1, -0.05) is 23.5 Å². The number of esters is 1. The van der Waals surface area contributed by atoms with Crippen molar-refractivity contribution in [2.24, 2.45) is 7.05 Å². The number of nitrogens with zero attached hydrogens (tertiary/aromatic N) is 2. The molecule has 2 heterocycles. The monoisotopic (exact) mass is 447 g/mol. The highest BCUT2D eigenvalue weighted by Gasteiger charge is 2.25. The van der Waals surface area contributed by atoms with Crippen LogP contribution in [-0.2, 0) is 11.8 Å². The highest BCUT2D eigenvalue weighted by Crippen LogP contribution is 2.37. The number of nitro groups is 1. The highest BCUT2D eigenvalue weighted by atomic mass is 32.1. The zero-order valence-electron chi connectivity index (χ0n) is 16.3. The lowest BCUT2D eigenvalue weighted by molar-refractivity contribution is -0.384. The number of carbonyl (C=O) groups is 2. The number of non-ortho nitro benzene ring substituents is 1. The highest BCUT2D eigenvalue weighted by molar-refractivity contribution is 7.15. The molecule has 1 aromatic carbocycles. The summed E-state index contributed by atoms with van der Waals surface area (Å²) in [7, 11) is 1.57. The number of carbonyl (C=O) groups excluding carboxylic acids is 2. The van der Waals surface area contributed by atoms with E-state index in [1.165, 1.54) is 22.8 Å². The van der Waals surface area contributed by atoms with E-state index < -0.39 is 16.8 Å². The number of nitro benzene ring substituents is 1. The predicted molar refractivity (Wildman–Crippen MR) is 115 cm³/mol. The van der Waals surface area contributed by atoms with E-state index in [-0.39, 0.29) is 32.6 Å². The van der Waals surface area contributed by atoms with E-state index >= 15 is 0 Å². The van der Waals surface area contributed by atoms with Gasteiger partial charge in [-0.25, -0.2) is 4.79 Å². The van der Waals surface area contributed by atoms with Crippen LogP contribution in [0.25, 0.3) is 11.1 Å². The van der Waals surface area contributed by atoms with Gasteiger partial charge in [-0.2, -0.15) is 0 Å². The normalized spacial score (nSPS) is 10.6. The van der Waals surface area contributed by atoms with Gasteiger partial charge in [-0.05, 0) is 19.4 Å². The molecule has 0 bridgehead atoms. The minimum atomic E-state index is -0.659. The predicted octanol–water partition coefficient (Wildman–Crippen LogP) is 3.82. The van der Waals surface area contributed by atoms with Crippen molar-refractivity contribution in [3.63, 3.8) is 0 Å². The molecule has 3 rings (SSSR count). The average Bonchev–Trinajstić information content (AvgIpc) is 3.24. The van der Waals surface area contributed by atoms with Crippen LogP contribution < -0.4 is 10.2 Å². The molecule has 0 fully saturated rings. The summed E-state index contributed by atoms with van der Waals surface area (Å²) in [5, 5.41) is 15.7. The minimum absolute atomic E-state index is 0.108. The van der Waals surface area contributed by atoms with Crippen LogP contribution in [0.3, 0.4) is 0 Å². The fourth-order valence-corrected chi connectivity index (χ4v) is 4.57. The van der Waals surface area contributed by atoms with Crippen molar-refractivity contribution in [3.05, 3.63) is 65.6 Å². The van der Waals surface area contributed by atoms with Crippen molar-refractivity contribution in [2.45, 2.75) is 13.8 Å². The van der Waals surface area contributed by atoms with Gasteiger partial charge in [-0.15, -0.1) is 11.3 Å². The number of rotatable bonds is 6. The third kappa shape index (κ3) is 4.02. The van der Waals surface area contributed by atoms with E-state index in [1.807, 2.05) is 0 Å². The number of thiazole rings is 1. The molecule has 3 aromatic rings. The maximum atomic E-state index is 12.7. The topological polar surface area (TPSA) is 121 Å². The van der Waals surface area contributed by atoms with E-state index in [2.05, 4.69) is 5.32 Å². The first-order valence-corrected chi connectivity index (χ1v) is 10.4. The van der Waals surface area contributed by atoms with Crippen LogP contribution in [0.2, 0.25) is 0 Å². The zero-order valence-corrected chi connectivity index (χ0v) is 17.9. The van der Waals surface area contributed by atoms with E-state index in [9.17, 15) is 24.5 Å². The Morgan fingerprint density at radius 1 is 1.33 bits per heavy atom. The molecule has 0 saturated carbocycles. The molecule has 0 spiro atoms. The van der Waals surface area contributed by atoms with E-state index in [0.29, 0.717) is 16.8 Å². The Morgan fingerprint density at radius 3 is 2.67 bits per heavy atom. The zero-order chi connectivity index (χ0) is 22.0. The van der Waals surface area contributed by atoms with Crippen LogP contribution in [0.4, 0.5) is 10.7 Å². The molecule has 1 amide bonds. The molecule has 0 aliphatic rings. The largest absolute Gasteiger partial charge is 0.462 e. The Balaban J connectivity index is 2.05. The Kier molecular flexibility index (Phi) is 6.13. The molecule has 0 aliphatic carbocycles. The smallest absolute Gasteiger partial charge is 0.341 e. The summed E-state index contributed by atoms with van der Waals surface area (Å²) in [4.78, 5) is 47.7. The number of thiophene rings is 1. The van der Waals surface area contributed by atoms with Crippen molar-refractivity contribution in [3.8, 4) is 11.1 Å². The van der Waals surface area contributed by atoms with Crippen LogP contribution in [0.15, 0.2) is 34.4 Å². The molecule has 1 N–H and O–H groups in total. The molecular weight excluding hydrogens is 430 g/mol. The molecule has 0 saturated heterocycles. The van der Waals surface area contributed by atoms with Crippen LogP contribution in [0, 0.1) is 17.0 Å². The van der Waals surface area contributed by atoms with Gasteiger partial charge in [-0.3, -0.25) is 19.7 Å². The first-order valence-electron chi connectivity index (χ1n) is 8.75. The second-order valence-electron chi connectivity index (χ2n) is 6.18. The number of benzene rings is 1. The van der Waals surface area contributed by atoms with Crippen molar-refractivity contribution in [1.29, 1.82) is 0 Å². The lowest BCUT2D eigenvalue weighted by Crippen LogP contribution is -2.15. The van der Waals surface area contributed by atoms with Gasteiger partial charge in [0.05, 0.1) is 11.5 Å². The average molecular weight is 447 g/mol. The lowest BCUT2D eigenvalue weighted by Gasteiger charge is -2.09. The molecule has 0 atom stereocenters. The van der Waals surface area contributed by atoms with E-state index in [0.717, 1.165) is 22.7 Å². The number of ether oxygens (including phenoxy) is 1. The second kappa shape index (κ2) is 8.59. The van der Waals surface area contributed by atoms with Crippen molar-refractivity contribution >= 4 is 45.2 Å². The molecule has 156 valence electrons. The maximum absolute atomic E-state index is 12.7. The van der Waals surface area contributed by atoms with E-state index in [1.54, 1.807) is 32.3 Å². The Hall–Kier alpha value is -3.31. The Morgan fingerprint density at radius 2 is 2.07 bits per heavy atom. The SMILES string of the molecule is CCOC(=O)c1c(-c2cccc([N+](=O)[O-])c2)csc1NC(=O)c1sc(=O)n(C)c1C. The van der Waals surface area contributed by atoms with Crippen LogP contribution in [0.1, 0.15) is 32.6 Å². The standard InChI is InChI=1S/C19H17N3O6S2/c1-4-28-18(24)14-13(11-6-5-7-12(8-11)22(26)27)9-29-17(14)20-16(23)15-10(2)21(3)19(25)30-15/h5-9H,4H2,1-3H3,(H,20,23). The number of hydrogen-bond acceptors (Lipinski definition) is 8. The third-order valence-corrected chi connectivity index (χ3v) is 6.40. The fraction of sp³-hybridized carbons (Fsp3) is 0.211. The summed E-state index contributed by atoms with van der Waals surface area (Å²) in [6.45, 7) is 3.43. The fourth-order valence-electron chi connectivity index (χ4n) is 2.74. The summed E-state index contributed by atoms with van der Waals surface area (Å²) in [5.41, 5.74) is 1.36. The molecule has 0 unspecified atom stereocenters. The molecule has 0 aliphatic heterocycles. The van der Waals surface area contributed by atoms with Gasteiger partial charge in [0, 0.05) is 35.8 Å². The minimum Gasteiger partial charge on any atom is -0.462 e.